The Kier molecular flexibility index (Phi) is 9.69. The SMILES string of the molecule is CCc1cc2cc(C(=O)N(CC(=O)OC)C(C)C)ccn2c1C(=O)c1ccc(CCC(C)(CN)C2CCCC2)cc1. The van der Waals surface area contributed by atoms with Crippen LogP contribution >= 0.6 is 0 Å². The number of carbonyl (C=O) groups excluding carboxylic acids is 3. The molecular formula is C34H45N3O4. The summed E-state index contributed by atoms with van der Waals surface area (Å²) in [6.07, 6.45) is 9.66. The van der Waals surface area contributed by atoms with Crippen LogP contribution in [-0.4, -0.2) is 53.2 Å². The van der Waals surface area contributed by atoms with Crippen molar-refractivity contribution >= 4 is 23.2 Å². The molecule has 2 aromatic heterocycles. The second-order valence-electron chi connectivity index (χ2n) is 12.1. The number of ether oxygens (including phenoxy) is 1. The Bertz CT molecular complexity index is 1380. The first-order valence-electron chi connectivity index (χ1n) is 15.0. The first-order chi connectivity index (χ1) is 19.6. The largest absolute Gasteiger partial charge is 0.468 e. The highest BCUT2D eigenvalue weighted by Crippen LogP contribution is 2.42. The molecule has 0 saturated heterocycles. The maximum atomic E-state index is 13.8. The van der Waals surface area contributed by atoms with Gasteiger partial charge in [0.1, 0.15) is 6.54 Å². The summed E-state index contributed by atoms with van der Waals surface area (Å²) in [5.74, 6) is -0.0558. The Morgan fingerprint density at radius 1 is 1.07 bits per heavy atom. The summed E-state index contributed by atoms with van der Waals surface area (Å²) >= 11 is 0. The lowest BCUT2D eigenvalue weighted by molar-refractivity contribution is -0.141. The predicted molar refractivity (Wildman–Crippen MR) is 162 cm³/mol. The zero-order valence-corrected chi connectivity index (χ0v) is 25.2. The van der Waals surface area contributed by atoms with Gasteiger partial charge in [0.2, 0.25) is 5.78 Å². The number of benzene rings is 1. The van der Waals surface area contributed by atoms with E-state index in [1.807, 2.05) is 43.4 Å². The van der Waals surface area contributed by atoms with E-state index in [4.69, 9.17) is 10.5 Å². The maximum absolute atomic E-state index is 13.8. The quantitative estimate of drug-likeness (QED) is 0.222. The van der Waals surface area contributed by atoms with E-state index in [-0.39, 0.29) is 29.7 Å². The van der Waals surface area contributed by atoms with Crippen molar-refractivity contribution in [2.45, 2.75) is 78.7 Å². The number of aryl methyl sites for hydroxylation is 2. The van der Waals surface area contributed by atoms with Crippen LogP contribution in [0.25, 0.3) is 5.52 Å². The van der Waals surface area contributed by atoms with Gasteiger partial charge < -0.3 is 19.8 Å². The maximum Gasteiger partial charge on any atom is 0.325 e. The minimum absolute atomic E-state index is 0.0419. The van der Waals surface area contributed by atoms with Gasteiger partial charge in [0.05, 0.1) is 12.8 Å². The zero-order chi connectivity index (χ0) is 29.7. The zero-order valence-electron chi connectivity index (χ0n) is 25.2. The number of pyridine rings is 1. The van der Waals surface area contributed by atoms with Crippen molar-refractivity contribution in [3.8, 4) is 0 Å². The van der Waals surface area contributed by atoms with Gasteiger partial charge in [-0.1, -0.05) is 51.0 Å². The molecule has 0 bridgehead atoms. The van der Waals surface area contributed by atoms with Gasteiger partial charge in [0.15, 0.2) is 0 Å². The van der Waals surface area contributed by atoms with Gasteiger partial charge in [-0.3, -0.25) is 14.4 Å². The summed E-state index contributed by atoms with van der Waals surface area (Å²) in [5, 5.41) is 0. The molecule has 7 heteroatoms. The van der Waals surface area contributed by atoms with E-state index in [1.165, 1.54) is 43.3 Å². The summed E-state index contributed by atoms with van der Waals surface area (Å²) in [4.78, 5) is 40.4. The monoisotopic (exact) mass is 559 g/mol. The molecule has 1 aliphatic rings. The fourth-order valence-corrected chi connectivity index (χ4v) is 6.24. The topological polar surface area (TPSA) is 94.1 Å². The second kappa shape index (κ2) is 13.0. The fraction of sp³-hybridized carbons (Fsp3) is 0.500. The average molecular weight is 560 g/mol. The number of aromatic nitrogens is 1. The van der Waals surface area contributed by atoms with Crippen LogP contribution in [0.3, 0.4) is 0 Å². The van der Waals surface area contributed by atoms with E-state index in [1.54, 1.807) is 18.3 Å². The third-order valence-corrected chi connectivity index (χ3v) is 9.11. The molecule has 2 heterocycles. The number of hydrogen-bond acceptors (Lipinski definition) is 5. The van der Waals surface area contributed by atoms with Crippen molar-refractivity contribution < 1.29 is 19.1 Å². The first-order valence-corrected chi connectivity index (χ1v) is 15.0. The second-order valence-corrected chi connectivity index (χ2v) is 12.1. The highest BCUT2D eigenvalue weighted by Gasteiger charge is 2.34. The van der Waals surface area contributed by atoms with Crippen molar-refractivity contribution in [3.63, 3.8) is 0 Å². The van der Waals surface area contributed by atoms with Crippen molar-refractivity contribution in [3.05, 3.63) is 76.6 Å². The molecule has 0 spiro atoms. The van der Waals surface area contributed by atoms with E-state index < -0.39 is 5.97 Å². The molecule has 1 aromatic carbocycles. The van der Waals surface area contributed by atoms with E-state index in [0.29, 0.717) is 35.7 Å². The number of esters is 1. The van der Waals surface area contributed by atoms with Crippen LogP contribution in [0.2, 0.25) is 0 Å². The normalized spacial score (nSPS) is 15.3. The lowest BCUT2D eigenvalue weighted by atomic mass is 9.72. The summed E-state index contributed by atoms with van der Waals surface area (Å²) in [6, 6.07) is 13.3. The van der Waals surface area contributed by atoms with Gasteiger partial charge in [0, 0.05) is 28.9 Å². The van der Waals surface area contributed by atoms with Crippen LogP contribution in [0.5, 0.6) is 0 Å². The van der Waals surface area contributed by atoms with E-state index in [0.717, 1.165) is 23.9 Å². The number of methoxy groups -OCH3 is 1. The molecule has 1 unspecified atom stereocenters. The number of fused-ring (bicyclic) bond motifs is 1. The Morgan fingerprint density at radius 3 is 2.34 bits per heavy atom. The minimum Gasteiger partial charge on any atom is -0.468 e. The number of nitrogens with zero attached hydrogens (tertiary/aromatic N) is 2. The molecule has 3 aromatic rings. The Balaban J connectivity index is 1.54. The molecule has 4 rings (SSSR count). The molecule has 220 valence electrons. The van der Waals surface area contributed by atoms with Crippen LogP contribution in [0.15, 0.2) is 48.7 Å². The highest BCUT2D eigenvalue weighted by atomic mass is 16.5. The number of ketones is 1. The fourth-order valence-electron chi connectivity index (χ4n) is 6.24. The lowest BCUT2D eigenvalue weighted by Gasteiger charge is -2.34. The van der Waals surface area contributed by atoms with Gasteiger partial charge >= 0.3 is 5.97 Å². The van der Waals surface area contributed by atoms with Gasteiger partial charge in [-0.25, -0.2) is 0 Å². The van der Waals surface area contributed by atoms with Crippen LogP contribution in [-0.2, 0) is 22.4 Å². The van der Waals surface area contributed by atoms with Crippen molar-refractivity contribution in [1.29, 1.82) is 0 Å². The molecule has 41 heavy (non-hydrogen) atoms. The number of amides is 1. The standard InChI is InChI=1S/C34H45N3O4/c1-6-25-19-29-20-27(33(40)37(23(2)3)21-30(38)41-5)16-18-36(29)31(25)32(39)26-13-11-24(12-14-26)15-17-34(4,22-35)28-9-7-8-10-28/h11-14,16,18-20,23,28H,6-10,15,17,21-22,35H2,1-5H3. The molecule has 1 amide bonds. The first kappa shape index (κ1) is 30.5. The molecule has 0 radical (unpaired) electrons. The van der Waals surface area contributed by atoms with E-state index >= 15 is 0 Å². The van der Waals surface area contributed by atoms with Gasteiger partial charge in [-0.15, -0.1) is 0 Å². The predicted octanol–water partition coefficient (Wildman–Crippen LogP) is 5.84. The van der Waals surface area contributed by atoms with E-state index in [9.17, 15) is 14.4 Å². The van der Waals surface area contributed by atoms with Gasteiger partial charge in [-0.05, 0) is 93.2 Å². The highest BCUT2D eigenvalue weighted by molar-refractivity contribution is 6.10. The Morgan fingerprint density at radius 2 is 1.76 bits per heavy atom. The molecule has 0 aliphatic heterocycles. The van der Waals surface area contributed by atoms with Crippen molar-refractivity contribution in [2.24, 2.45) is 17.1 Å². The summed E-state index contributed by atoms with van der Waals surface area (Å²) < 4.78 is 6.63. The summed E-state index contributed by atoms with van der Waals surface area (Å²) in [5.41, 5.74) is 11.0. The minimum atomic E-state index is -0.467. The molecule has 1 atom stereocenters. The van der Waals surface area contributed by atoms with Crippen LogP contribution in [0, 0.1) is 11.3 Å². The smallest absolute Gasteiger partial charge is 0.325 e. The summed E-state index contributed by atoms with van der Waals surface area (Å²) in [7, 11) is 1.31. The molecule has 1 saturated carbocycles. The molecular weight excluding hydrogens is 514 g/mol. The third-order valence-electron chi connectivity index (χ3n) is 9.11. The van der Waals surface area contributed by atoms with Gasteiger partial charge in [0.25, 0.3) is 5.91 Å². The summed E-state index contributed by atoms with van der Waals surface area (Å²) in [6.45, 7) is 8.68. The number of nitrogens with two attached hydrogens (primary N) is 1. The molecule has 1 aliphatic carbocycles. The average Bonchev–Trinajstić information content (AvgIpc) is 3.66. The Hall–Kier alpha value is -3.45. The molecule has 7 nitrogen and oxygen atoms in total. The van der Waals surface area contributed by atoms with Crippen molar-refractivity contribution in [2.75, 3.05) is 20.2 Å². The number of carbonyl (C=O) groups is 3. The van der Waals surface area contributed by atoms with Crippen LogP contribution in [0.4, 0.5) is 0 Å². The third kappa shape index (κ3) is 6.56. The van der Waals surface area contributed by atoms with Crippen LogP contribution in [0.1, 0.15) is 97.3 Å². The molecule has 1 fully saturated rings. The molecule has 2 N–H and O–H groups in total. The Labute approximate surface area is 244 Å². The van der Waals surface area contributed by atoms with Crippen molar-refractivity contribution in [1.82, 2.24) is 9.30 Å². The lowest BCUT2D eigenvalue weighted by Crippen LogP contribution is -2.41. The number of rotatable bonds is 12. The van der Waals surface area contributed by atoms with Crippen LogP contribution < -0.4 is 5.73 Å². The number of hydrogen-bond donors (Lipinski definition) is 1. The van der Waals surface area contributed by atoms with E-state index in [2.05, 4.69) is 19.1 Å². The van der Waals surface area contributed by atoms with Gasteiger partial charge in [-0.2, -0.15) is 0 Å².